The van der Waals surface area contributed by atoms with Gasteiger partial charge in [-0.15, -0.1) is 11.3 Å². The van der Waals surface area contributed by atoms with E-state index in [1.54, 1.807) is 23.6 Å². The number of nitrogen functional groups attached to an aromatic ring is 1. The van der Waals surface area contributed by atoms with Crippen molar-refractivity contribution in [3.8, 4) is 0 Å². The smallest absolute Gasteiger partial charge is 0.337 e. The molecule has 4 N–H and O–H groups in total. The van der Waals surface area contributed by atoms with Crippen molar-refractivity contribution >= 4 is 44.6 Å². The predicted octanol–water partition coefficient (Wildman–Crippen LogP) is 2.84. The number of rotatable bonds is 5. The second-order valence-corrected chi connectivity index (χ2v) is 5.66. The number of thiazole rings is 1. The van der Waals surface area contributed by atoms with Gasteiger partial charge in [-0.3, -0.25) is 0 Å². The summed E-state index contributed by atoms with van der Waals surface area (Å²) in [5.74, 6) is -1.03. The minimum atomic E-state index is -1.03. The van der Waals surface area contributed by atoms with E-state index < -0.39 is 5.97 Å². The number of aromatic nitrogens is 1. The molecule has 7 heteroatoms. The molecule has 0 aliphatic carbocycles. The van der Waals surface area contributed by atoms with Gasteiger partial charge in [0.15, 0.2) is 0 Å². The van der Waals surface area contributed by atoms with E-state index in [9.17, 15) is 4.79 Å². The monoisotopic (exact) mass is 341 g/mol. The summed E-state index contributed by atoms with van der Waals surface area (Å²) in [5.41, 5.74) is 6.70. The first-order valence-electron chi connectivity index (χ1n) is 5.52. The molecule has 0 amide bonds. The summed E-state index contributed by atoms with van der Waals surface area (Å²) in [6, 6.07) is 3.12. The zero-order valence-electron chi connectivity index (χ0n) is 9.89. The zero-order valence-corrected chi connectivity index (χ0v) is 12.3. The Morgan fingerprint density at radius 3 is 2.95 bits per heavy atom. The Morgan fingerprint density at radius 2 is 2.32 bits per heavy atom. The van der Waals surface area contributed by atoms with Crippen LogP contribution < -0.4 is 11.1 Å². The van der Waals surface area contributed by atoms with E-state index in [-0.39, 0.29) is 11.3 Å². The highest BCUT2D eigenvalue weighted by atomic mass is 79.9. The van der Waals surface area contributed by atoms with Crippen molar-refractivity contribution in [3.05, 3.63) is 38.8 Å². The van der Waals surface area contributed by atoms with E-state index in [0.29, 0.717) is 12.2 Å². The molecule has 0 bridgehead atoms. The molecule has 0 unspecified atom stereocenters. The molecule has 2 rings (SSSR count). The van der Waals surface area contributed by atoms with Crippen molar-refractivity contribution in [1.29, 1.82) is 0 Å². The first-order chi connectivity index (χ1) is 9.08. The number of hydrogen-bond donors (Lipinski definition) is 3. The molecule has 0 saturated heterocycles. The third kappa shape index (κ3) is 3.45. The fraction of sp³-hybridized carbons (Fsp3) is 0.167. The minimum Gasteiger partial charge on any atom is -0.478 e. The average Bonchev–Trinajstić information content (AvgIpc) is 2.84. The molecule has 19 heavy (non-hydrogen) atoms. The van der Waals surface area contributed by atoms with Gasteiger partial charge in [-0.05, 0) is 28.1 Å². The van der Waals surface area contributed by atoms with Gasteiger partial charge in [-0.1, -0.05) is 0 Å². The number of nitrogens with zero attached hydrogens (tertiary/aromatic N) is 1. The Hall–Kier alpha value is -1.60. The summed E-state index contributed by atoms with van der Waals surface area (Å²) < 4.78 is 0.745. The largest absolute Gasteiger partial charge is 0.478 e. The minimum absolute atomic E-state index is 0.0972. The van der Waals surface area contributed by atoms with Gasteiger partial charge < -0.3 is 16.2 Å². The Bertz CT molecular complexity index is 587. The lowest BCUT2D eigenvalue weighted by atomic mass is 10.1. The van der Waals surface area contributed by atoms with Crippen molar-refractivity contribution in [3.63, 3.8) is 0 Å². The normalized spacial score (nSPS) is 10.4. The van der Waals surface area contributed by atoms with Crippen LogP contribution >= 0.6 is 27.3 Å². The fourth-order valence-electron chi connectivity index (χ4n) is 1.59. The molecule has 0 aliphatic heterocycles. The first kappa shape index (κ1) is 13.8. The number of benzene rings is 1. The van der Waals surface area contributed by atoms with Gasteiger partial charge in [0.05, 0.1) is 10.6 Å². The van der Waals surface area contributed by atoms with Crippen molar-refractivity contribution < 1.29 is 9.90 Å². The summed E-state index contributed by atoms with van der Waals surface area (Å²) in [6.45, 7) is 0.676. The summed E-state index contributed by atoms with van der Waals surface area (Å²) in [4.78, 5) is 15.2. The first-order valence-corrected chi connectivity index (χ1v) is 7.19. The van der Waals surface area contributed by atoms with Crippen LogP contribution in [0.4, 0.5) is 11.4 Å². The molecule has 1 aromatic carbocycles. The van der Waals surface area contributed by atoms with E-state index in [1.165, 1.54) is 6.07 Å². The van der Waals surface area contributed by atoms with Crippen molar-refractivity contribution in [2.24, 2.45) is 0 Å². The predicted molar refractivity (Wildman–Crippen MR) is 79.8 cm³/mol. The number of hydrogen-bond acceptors (Lipinski definition) is 5. The Labute approximate surface area is 122 Å². The third-order valence-corrected chi connectivity index (χ3v) is 4.00. The van der Waals surface area contributed by atoms with Crippen LogP contribution in [0.5, 0.6) is 0 Å². The summed E-state index contributed by atoms with van der Waals surface area (Å²) in [6.07, 6.45) is 2.55. The second kappa shape index (κ2) is 6.03. The molecular weight excluding hydrogens is 330 g/mol. The van der Waals surface area contributed by atoms with Gasteiger partial charge in [0.1, 0.15) is 0 Å². The standard InChI is InChI=1S/C12H12BrN3O2S/c13-8-6-9(14)7(12(17)18)5-10(8)15-2-1-11-16-3-4-19-11/h3-6,15H,1-2,14H2,(H,17,18). The van der Waals surface area contributed by atoms with Crippen LogP contribution in [-0.4, -0.2) is 22.6 Å². The molecule has 1 aromatic heterocycles. The lowest BCUT2D eigenvalue weighted by molar-refractivity contribution is 0.0698. The summed E-state index contributed by atoms with van der Waals surface area (Å²) >= 11 is 4.96. The average molecular weight is 342 g/mol. The molecule has 5 nitrogen and oxygen atoms in total. The Morgan fingerprint density at radius 1 is 1.53 bits per heavy atom. The number of nitrogens with two attached hydrogens (primary N) is 1. The van der Waals surface area contributed by atoms with E-state index in [0.717, 1.165) is 15.9 Å². The molecule has 0 atom stereocenters. The van der Waals surface area contributed by atoms with Crippen molar-refractivity contribution in [2.45, 2.75) is 6.42 Å². The highest BCUT2D eigenvalue weighted by molar-refractivity contribution is 9.10. The molecule has 0 fully saturated rings. The molecule has 0 radical (unpaired) electrons. The molecule has 0 aliphatic rings. The van der Waals surface area contributed by atoms with Crippen LogP contribution in [0.1, 0.15) is 15.4 Å². The summed E-state index contributed by atoms with van der Waals surface area (Å²) in [7, 11) is 0. The topological polar surface area (TPSA) is 88.2 Å². The van der Waals surface area contributed by atoms with Crippen LogP contribution in [0, 0.1) is 0 Å². The van der Waals surface area contributed by atoms with Crippen LogP contribution in [0.2, 0.25) is 0 Å². The van der Waals surface area contributed by atoms with Crippen molar-refractivity contribution in [1.82, 2.24) is 4.98 Å². The van der Waals surface area contributed by atoms with E-state index in [2.05, 4.69) is 26.2 Å². The SMILES string of the molecule is Nc1cc(Br)c(NCCc2nccs2)cc1C(=O)O. The number of nitrogens with one attached hydrogen (secondary N) is 1. The zero-order chi connectivity index (χ0) is 13.8. The van der Waals surface area contributed by atoms with Gasteiger partial charge in [0.25, 0.3) is 0 Å². The second-order valence-electron chi connectivity index (χ2n) is 3.83. The highest BCUT2D eigenvalue weighted by Crippen LogP contribution is 2.28. The van der Waals surface area contributed by atoms with Crippen molar-refractivity contribution in [2.75, 3.05) is 17.6 Å². The number of halogens is 1. The number of aromatic carboxylic acids is 1. The maximum Gasteiger partial charge on any atom is 0.337 e. The molecule has 0 saturated carbocycles. The van der Waals surface area contributed by atoms with Gasteiger partial charge in [0.2, 0.25) is 0 Å². The molecule has 2 aromatic rings. The molecule has 0 spiro atoms. The molecule has 1 heterocycles. The maximum atomic E-state index is 11.0. The number of carboxylic acid groups (broad SMARTS) is 1. The quantitative estimate of drug-likeness (QED) is 0.727. The van der Waals surface area contributed by atoms with Gasteiger partial charge in [-0.25, -0.2) is 9.78 Å². The Kier molecular flexibility index (Phi) is 4.39. The van der Waals surface area contributed by atoms with E-state index >= 15 is 0 Å². The number of carbonyl (C=O) groups is 1. The van der Waals surface area contributed by atoms with Gasteiger partial charge >= 0.3 is 5.97 Å². The number of carboxylic acids is 1. The maximum absolute atomic E-state index is 11.0. The lowest BCUT2D eigenvalue weighted by Gasteiger charge is -2.10. The van der Waals surface area contributed by atoms with E-state index in [4.69, 9.17) is 10.8 Å². The van der Waals surface area contributed by atoms with Crippen LogP contribution in [0.3, 0.4) is 0 Å². The lowest BCUT2D eigenvalue weighted by Crippen LogP contribution is -2.08. The van der Waals surface area contributed by atoms with Crippen LogP contribution in [0.15, 0.2) is 28.2 Å². The van der Waals surface area contributed by atoms with E-state index in [1.807, 2.05) is 5.38 Å². The van der Waals surface area contributed by atoms with Crippen LogP contribution in [-0.2, 0) is 6.42 Å². The third-order valence-electron chi connectivity index (χ3n) is 2.51. The van der Waals surface area contributed by atoms with Gasteiger partial charge in [-0.2, -0.15) is 0 Å². The summed E-state index contributed by atoms with van der Waals surface area (Å²) in [5, 5.41) is 15.2. The number of anilines is 2. The fourth-order valence-corrected chi connectivity index (χ4v) is 2.71. The Balaban J connectivity index is 2.07. The van der Waals surface area contributed by atoms with Crippen LogP contribution in [0.25, 0.3) is 0 Å². The molecule has 100 valence electrons. The highest BCUT2D eigenvalue weighted by Gasteiger charge is 2.11. The molecular formula is C12H12BrN3O2S. The van der Waals surface area contributed by atoms with Gasteiger partial charge in [0, 0.05) is 40.4 Å².